The Bertz CT molecular complexity index is 275. The van der Waals surface area contributed by atoms with E-state index in [-0.39, 0.29) is 17.3 Å². The number of rotatable bonds is 1. The minimum absolute atomic E-state index is 0.0299. The number of methoxy groups -OCH3 is 1. The first kappa shape index (κ1) is 10.9. The molecule has 1 heterocycles. The maximum Gasteiger partial charge on any atom is 0.310 e. The molecule has 2 aliphatic rings. The number of nitrogens with one attached hydrogen (secondary N) is 1. The molecule has 0 aromatic carbocycles. The van der Waals surface area contributed by atoms with Crippen LogP contribution in [-0.4, -0.2) is 26.2 Å². The number of ether oxygens (including phenoxy) is 1. The second-order valence-electron chi connectivity index (χ2n) is 5.91. The third-order valence-corrected chi connectivity index (χ3v) is 4.18. The molecule has 2 fully saturated rings. The lowest BCUT2D eigenvalue weighted by Gasteiger charge is -2.30. The van der Waals surface area contributed by atoms with Crippen LogP contribution in [-0.2, 0) is 9.53 Å². The van der Waals surface area contributed by atoms with Gasteiger partial charge in [0.25, 0.3) is 0 Å². The fourth-order valence-corrected chi connectivity index (χ4v) is 3.45. The summed E-state index contributed by atoms with van der Waals surface area (Å²) in [5, 5.41) is 3.36. The molecule has 2 atom stereocenters. The van der Waals surface area contributed by atoms with E-state index < -0.39 is 0 Å². The van der Waals surface area contributed by atoms with Crippen LogP contribution in [0.3, 0.4) is 0 Å². The van der Waals surface area contributed by atoms with Crippen LogP contribution in [0, 0.1) is 16.7 Å². The van der Waals surface area contributed by atoms with Crippen molar-refractivity contribution < 1.29 is 9.53 Å². The van der Waals surface area contributed by atoms with Gasteiger partial charge in [-0.05, 0) is 30.1 Å². The van der Waals surface area contributed by atoms with Crippen LogP contribution in [0.2, 0.25) is 0 Å². The van der Waals surface area contributed by atoms with Gasteiger partial charge in [-0.1, -0.05) is 13.8 Å². The highest BCUT2D eigenvalue weighted by atomic mass is 16.5. The SMILES string of the molecule is COC(=O)C1CNCC12CCC(C)(C)C2. The van der Waals surface area contributed by atoms with Gasteiger partial charge in [0.2, 0.25) is 0 Å². The van der Waals surface area contributed by atoms with Gasteiger partial charge in [0, 0.05) is 13.1 Å². The molecule has 2 unspecified atom stereocenters. The van der Waals surface area contributed by atoms with Gasteiger partial charge >= 0.3 is 5.97 Å². The minimum atomic E-state index is -0.0299. The van der Waals surface area contributed by atoms with Crippen molar-refractivity contribution in [2.75, 3.05) is 20.2 Å². The lowest BCUT2D eigenvalue weighted by Crippen LogP contribution is -2.34. The van der Waals surface area contributed by atoms with Crippen molar-refractivity contribution in [3.05, 3.63) is 0 Å². The van der Waals surface area contributed by atoms with Crippen molar-refractivity contribution in [3.8, 4) is 0 Å². The van der Waals surface area contributed by atoms with Gasteiger partial charge in [0.05, 0.1) is 13.0 Å². The van der Waals surface area contributed by atoms with Crippen LogP contribution < -0.4 is 5.32 Å². The summed E-state index contributed by atoms with van der Waals surface area (Å²) in [5.41, 5.74) is 0.564. The topological polar surface area (TPSA) is 38.3 Å². The Balaban J connectivity index is 2.17. The van der Waals surface area contributed by atoms with Gasteiger partial charge in [-0.3, -0.25) is 4.79 Å². The van der Waals surface area contributed by atoms with Crippen LogP contribution in [0.4, 0.5) is 0 Å². The van der Waals surface area contributed by atoms with Crippen molar-refractivity contribution in [1.82, 2.24) is 5.32 Å². The van der Waals surface area contributed by atoms with E-state index in [9.17, 15) is 4.79 Å². The smallest absolute Gasteiger partial charge is 0.310 e. The van der Waals surface area contributed by atoms with Crippen LogP contribution in [0.5, 0.6) is 0 Å². The van der Waals surface area contributed by atoms with E-state index in [0.717, 1.165) is 25.9 Å². The second kappa shape index (κ2) is 3.48. The summed E-state index contributed by atoms with van der Waals surface area (Å²) >= 11 is 0. The molecule has 1 aliphatic carbocycles. The third-order valence-electron chi connectivity index (χ3n) is 4.18. The highest BCUT2D eigenvalue weighted by molar-refractivity contribution is 5.74. The van der Waals surface area contributed by atoms with Gasteiger partial charge in [-0.15, -0.1) is 0 Å². The molecule has 0 bridgehead atoms. The molecule has 3 nitrogen and oxygen atoms in total. The summed E-state index contributed by atoms with van der Waals surface area (Å²) in [7, 11) is 1.49. The first-order chi connectivity index (χ1) is 6.99. The Morgan fingerprint density at radius 1 is 1.40 bits per heavy atom. The molecule has 86 valence electrons. The van der Waals surface area contributed by atoms with Gasteiger partial charge in [-0.2, -0.15) is 0 Å². The Labute approximate surface area is 91.6 Å². The Morgan fingerprint density at radius 2 is 2.13 bits per heavy atom. The fourth-order valence-electron chi connectivity index (χ4n) is 3.45. The van der Waals surface area contributed by atoms with Crippen LogP contribution in [0.15, 0.2) is 0 Å². The zero-order chi connectivity index (χ0) is 11.1. The molecule has 0 amide bonds. The summed E-state index contributed by atoms with van der Waals surface area (Å²) in [6.07, 6.45) is 3.53. The van der Waals surface area contributed by atoms with E-state index in [1.807, 2.05) is 0 Å². The van der Waals surface area contributed by atoms with Crippen molar-refractivity contribution in [2.45, 2.75) is 33.1 Å². The summed E-state index contributed by atoms with van der Waals surface area (Å²) in [4.78, 5) is 11.7. The molecular weight excluding hydrogens is 190 g/mol. The van der Waals surface area contributed by atoms with Crippen LogP contribution >= 0.6 is 0 Å². The summed E-state index contributed by atoms with van der Waals surface area (Å²) in [6, 6.07) is 0. The number of carbonyl (C=O) groups is 1. The maximum atomic E-state index is 11.7. The first-order valence-electron chi connectivity index (χ1n) is 5.78. The Kier molecular flexibility index (Phi) is 2.53. The molecule has 1 N–H and O–H groups in total. The normalized spacial score (nSPS) is 38.5. The highest BCUT2D eigenvalue weighted by Crippen LogP contribution is 2.54. The summed E-state index contributed by atoms with van der Waals surface area (Å²) < 4.78 is 4.91. The predicted octanol–water partition coefficient (Wildman–Crippen LogP) is 1.58. The number of hydrogen-bond acceptors (Lipinski definition) is 3. The van der Waals surface area contributed by atoms with Crippen LogP contribution in [0.1, 0.15) is 33.1 Å². The molecule has 1 spiro atoms. The zero-order valence-electron chi connectivity index (χ0n) is 9.93. The van der Waals surface area contributed by atoms with E-state index in [4.69, 9.17) is 4.74 Å². The zero-order valence-corrected chi connectivity index (χ0v) is 9.93. The number of esters is 1. The molecule has 1 saturated heterocycles. The first-order valence-corrected chi connectivity index (χ1v) is 5.78. The molecular formula is C12H21NO2. The van der Waals surface area contributed by atoms with E-state index in [2.05, 4.69) is 19.2 Å². The largest absolute Gasteiger partial charge is 0.469 e. The van der Waals surface area contributed by atoms with E-state index in [1.54, 1.807) is 0 Å². The number of carbonyl (C=O) groups excluding carboxylic acids is 1. The van der Waals surface area contributed by atoms with Gasteiger partial charge in [0.15, 0.2) is 0 Å². The van der Waals surface area contributed by atoms with Crippen molar-refractivity contribution in [2.24, 2.45) is 16.7 Å². The summed E-state index contributed by atoms with van der Waals surface area (Å²) in [6.45, 7) is 6.38. The van der Waals surface area contributed by atoms with E-state index >= 15 is 0 Å². The molecule has 15 heavy (non-hydrogen) atoms. The predicted molar refractivity (Wildman–Crippen MR) is 58.4 cm³/mol. The molecule has 0 aromatic heterocycles. The molecule has 0 radical (unpaired) electrons. The molecule has 1 saturated carbocycles. The number of hydrogen-bond donors (Lipinski definition) is 1. The Hall–Kier alpha value is -0.570. The van der Waals surface area contributed by atoms with Crippen LogP contribution in [0.25, 0.3) is 0 Å². The lowest BCUT2D eigenvalue weighted by atomic mass is 9.74. The van der Waals surface area contributed by atoms with Crippen molar-refractivity contribution in [1.29, 1.82) is 0 Å². The minimum Gasteiger partial charge on any atom is -0.469 e. The fraction of sp³-hybridized carbons (Fsp3) is 0.917. The quantitative estimate of drug-likeness (QED) is 0.669. The molecule has 2 rings (SSSR count). The maximum absolute atomic E-state index is 11.7. The van der Waals surface area contributed by atoms with Gasteiger partial charge in [0.1, 0.15) is 0 Å². The monoisotopic (exact) mass is 211 g/mol. The average Bonchev–Trinajstić information content (AvgIpc) is 2.70. The van der Waals surface area contributed by atoms with E-state index in [1.165, 1.54) is 13.5 Å². The van der Waals surface area contributed by atoms with Crippen molar-refractivity contribution in [3.63, 3.8) is 0 Å². The lowest BCUT2D eigenvalue weighted by molar-refractivity contribution is -0.148. The van der Waals surface area contributed by atoms with Crippen molar-refractivity contribution >= 4 is 5.97 Å². The third kappa shape index (κ3) is 1.78. The molecule has 3 heteroatoms. The van der Waals surface area contributed by atoms with E-state index in [0.29, 0.717) is 5.41 Å². The average molecular weight is 211 g/mol. The van der Waals surface area contributed by atoms with Gasteiger partial charge < -0.3 is 10.1 Å². The highest BCUT2D eigenvalue weighted by Gasteiger charge is 2.53. The summed E-state index contributed by atoms with van der Waals surface area (Å²) in [5.74, 6) is 0.0435. The van der Waals surface area contributed by atoms with Gasteiger partial charge in [-0.25, -0.2) is 0 Å². The Morgan fingerprint density at radius 3 is 2.67 bits per heavy atom. The molecule has 1 aliphatic heterocycles. The second-order valence-corrected chi connectivity index (χ2v) is 5.91. The standard InChI is InChI=1S/C12H21NO2/c1-11(2)4-5-12(7-11)8-13-6-9(12)10(14)15-3/h9,13H,4-8H2,1-3H3. The molecule has 0 aromatic rings.